The summed E-state index contributed by atoms with van der Waals surface area (Å²) in [7, 11) is 0. The number of rotatable bonds is 7. The number of benzene rings is 1. The number of phenols is 1. The Kier molecular flexibility index (Phi) is 5.90. The van der Waals surface area contributed by atoms with Gasteiger partial charge in [0.2, 0.25) is 0 Å². The van der Waals surface area contributed by atoms with E-state index in [4.69, 9.17) is 0 Å². The Bertz CT molecular complexity index is 302. The summed E-state index contributed by atoms with van der Waals surface area (Å²) < 4.78 is 0. The third-order valence-electron chi connectivity index (χ3n) is 2.60. The maximum atomic E-state index is 9.35. The number of aliphatic hydroxyl groups excluding tert-OH is 1. The summed E-state index contributed by atoms with van der Waals surface area (Å²) >= 11 is 0. The molecule has 16 heavy (non-hydrogen) atoms. The third kappa shape index (κ3) is 5.14. The number of nitrogens with one attached hydrogen (secondary N) is 1. The Morgan fingerprint density at radius 3 is 2.88 bits per heavy atom. The monoisotopic (exact) mass is 223 g/mol. The molecular weight excluding hydrogens is 202 g/mol. The van der Waals surface area contributed by atoms with Crippen LogP contribution in [0.4, 0.5) is 0 Å². The zero-order valence-electron chi connectivity index (χ0n) is 9.82. The zero-order chi connectivity index (χ0) is 11.8. The smallest absolute Gasteiger partial charge is 0.115 e. The van der Waals surface area contributed by atoms with Crippen LogP contribution in [0.5, 0.6) is 5.75 Å². The van der Waals surface area contributed by atoms with Crippen molar-refractivity contribution in [3.63, 3.8) is 0 Å². The lowest BCUT2D eigenvalue weighted by molar-refractivity contribution is 0.157. The Hall–Kier alpha value is -1.06. The molecule has 0 aliphatic rings. The van der Waals surface area contributed by atoms with Gasteiger partial charge in [-0.25, -0.2) is 0 Å². The van der Waals surface area contributed by atoms with Crippen molar-refractivity contribution in [3.8, 4) is 5.75 Å². The highest BCUT2D eigenvalue weighted by Crippen LogP contribution is 2.10. The fourth-order valence-corrected chi connectivity index (χ4v) is 1.57. The molecule has 0 spiro atoms. The SMILES string of the molecule is CCC(O)CCCNCc1cccc(O)c1. The van der Waals surface area contributed by atoms with Crippen LogP contribution in [0.15, 0.2) is 24.3 Å². The molecule has 0 saturated carbocycles. The van der Waals surface area contributed by atoms with Crippen molar-refractivity contribution in [2.45, 2.75) is 38.8 Å². The van der Waals surface area contributed by atoms with Gasteiger partial charge >= 0.3 is 0 Å². The number of aromatic hydroxyl groups is 1. The molecule has 0 bridgehead atoms. The minimum absolute atomic E-state index is 0.164. The zero-order valence-corrected chi connectivity index (χ0v) is 9.82. The summed E-state index contributed by atoms with van der Waals surface area (Å²) in [6.07, 6.45) is 2.49. The van der Waals surface area contributed by atoms with Crippen molar-refractivity contribution in [3.05, 3.63) is 29.8 Å². The molecule has 1 aromatic rings. The molecule has 0 aliphatic carbocycles. The topological polar surface area (TPSA) is 52.5 Å². The van der Waals surface area contributed by atoms with E-state index in [0.29, 0.717) is 5.75 Å². The van der Waals surface area contributed by atoms with Gasteiger partial charge in [-0.2, -0.15) is 0 Å². The number of hydrogen-bond acceptors (Lipinski definition) is 3. The Morgan fingerprint density at radius 1 is 1.38 bits per heavy atom. The number of phenolic OH excluding ortho intramolecular Hbond substituents is 1. The lowest BCUT2D eigenvalue weighted by atomic mass is 10.1. The van der Waals surface area contributed by atoms with Crippen molar-refractivity contribution < 1.29 is 10.2 Å². The molecule has 1 unspecified atom stereocenters. The van der Waals surface area contributed by atoms with Gasteiger partial charge in [-0.05, 0) is 43.5 Å². The molecule has 1 atom stereocenters. The first kappa shape index (κ1) is 13.0. The molecule has 3 N–H and O–H groups in total. The van der Waals surface area contributed by atoms with Crippen LogP contribution in [-0.2, 0) is 6.54 Å². The van der Waals surface area contributed by atoms with Gasteiger partial charge in [0.25, 0.3) is 0 Å². The third-order valence-corrected chi connectivity index (χ3v) is 2.60. The quantitative estimate of drug-likeness (QED) is 0.620. The first-order valence-corrected chi connectivity index (χ1v) is 5.89. The maximum Gasteiger partial charge on any atom is 0.115 e. The highest BCUT2D eigenvalue weighted by Gasteiger charge is 1.99. The van der Waals surface area contributed by atoms with Crippen LogP contribution in [0, 0.1) is 0 Å². The average molecular weight is 223 g/mol. The molecule has 3 nitrogen and oxygen atoms in total. The predicted molar refractivity (Wildman–Crippen MR) is 65.3 cm³/mol. The van der Waals surface area contributed by atoms with Crippen molar-refractivity contribution in [1.82, 2.24) is 5.32 Å². The second kappa shape index (κ2) is 7.25. The van der Waals surface area contributed by atoms with Crippen molar-refractivity contribution in [1.29, 1.82) is 0 Å². The summed E-state index contributed by atoms with van der Waals surface area (Å²) in [5, 5.41) is 21.9. The summed E-state index contributed by atoms with van der Waals surface area (Å²) in [5.41, 5.74) is 1.08. The van der Waals surface area contributed by atoms with Gasteiger partial charge in [0, 0.05) is 6.54 Å². The number of hydrogen-bond donors (Lipinski definition) is 3. The van der Waals surface area contributed by atoms with Crippen LogP contribution in [0.1, 0.15) is 31.7 Å². The largest absolute Gasteiger partial charge is 0.508 e. The number of aliphatic hydroxyl groups is 1. The van der Waals surface area contributed by atoms with Crippen molar-refractivity contribution in [2.24, 2.45) is 0 Å². The Morgan fingerprint density at radius 2 is 2.19 bits per heavy atom. The van der Waals surface area contributed by atoms with Crippen LogP contribution < -0.4 is 5.32 Å². The normalized spacial score (nSPS) is 12.6. The fourth-order valence-electron chi connectivity index (χ4n) is 1.57. The van der Waals surface area contributed by atoms with Crippen LogP contribution in [0.3, 0.4) is 0 Å². The molecular formula is C13H21NO2. The van der Waals surface area contributed by atoms with Gasteiger partial charge in [0.1, 0.15) is 5.75 Å². The highest BCUT2D eigenvalue weighted by molar-refractivity contribution is 5.26. The first-order chi connectivity index (χ1) is 7.72. The predicted octanol–water partition coefficient (Wildman–Crippen LogP) is 2.03. The van der Waals surface area contributed by atoms with Crippen LogP contribution in [0.2, 0.25) is 0 Å². The molecule has 0 amide bonds. The van der Waals surface area contributed by atoms with Crippen LogP contribution in [0.25, 0.3) is 0 Å². The molecule has 0 fully saturated rings. The van der Waals surface area contributed by atoms with Crippen LogP contribution in [-0.4, -0.2) is 22.9 Å². The summed E-state index contributed by atoms with van der Waals surface area (Å²) in [6, 6.07) is 7.25. The van der Waals surface area contributed by atoms with Gasteiger partial charge in [-0.1, -0.05) is 19.1 Å². The summed E-state index contributed by atoms with van der Waals surface area (Å²) in [6.45, 7) is 3.65. The van der Waals surface area contributed by atoms with E-state index in [9.17, 15) is 10.2 Å². The molecule has 90 valence electrons. The van der Waals surface area contributed by atoms with E-state index in [1.807, 2.05) is 19.1 Å². The molecule has 0 saturated heterocycles. The second-order valence-electron chi connectivity index (χ2n) is 4.05. The van der Waals surface area contributed by atoms with E-state index in [2.05, 4.69) is 5.32 Å². The lowest BCUT2D eigenvalue weighted by Crippen LogP contribution is -2.16. The van der Waals surface area contributed by atoms with E-state index < -0.39 is 0 Å². The Labute approximate surface area is 97.1 Å². The van der Waals surface area contributed by atoms with E-state index in [1.54, 1.807) is 12.1 Å². The minimum Gasteiger partial charge on any atom is -0.508 e. The average Bonchev–Trinajstić information content (AvgIpc) is 2.28. The van der Waals surface area contributed by atoms with Gasteiger partial charge in [0.15, 0.2) is 0 Å². The molecule has 0 aromatic heterocycles. The van der Waals surface area contributed by atoms with E-state index in [1.165, 1.54) is 0 Å². The Balaban J connectivity index is 2.12. The van der Waals surface area contributed by atoms with Gasteiger partial charge in [-0.15, -0.1) is 0 Å². The minimum atomic E-state index is -0.164. The van der Waals surface area contributed by atoms with E-state index in [0.717, 1.165) is 37.9 Å². The molecule has 0 heterocycles. The van der Waals surface area contributed by atoms with Crippen molar-refractivity contribution in [2.75, 3.05) is 6.54 Å². The lowest BCUT2D eigenvalue weighted by Gasteiger charge is -2.08. The maximum absolute atomic E-state index is 9.35. The molecule has 1 rings (SSSR count). The highest BCUT2D eigenvalue weighted by atomic mass is 16.3. The van der Waals surface area contributed by atoms with Crippen LogP contribution >= 0.6 is 0 Å². The van der Waals surface area contributed by atoms with Gasteiger partial charge in [0.05, 0.1) is 6.10 Å². The van der Waals surface area contributed by atoms with Gasteiger partial charge in [-0.3, -0.25) is 0 Å². The standard InChI is InChI=1S/C13H21NO2/c1-2-12(15)7-4-8-14-10-11-5-3-6-13(16)9-11/h3,5-6,9,12,14-16H,2,4,7-8,10H2,1H3. The summed E-state index contributed by atoms with van der Waals surface area (Å²) in [4.78, 5) is 0. The fraction of sp³-hybridized carbons (Fsp3) is 0.538. The first-order valence-electron chi connectivity index (χ1n) is 5.89. The second-order valence-corrected chi connectivity index (χ2v) is 4.05. The molecule has 3 heteroatoms. The molecule has 1 aromatic carbocycles. The van der Waals surface area contributed by atoms with Gasteiger partial charge < -0.3 is 15.5 Å². The van der Waals surface area contributed by atoms with E-state index in [-0.39, 0.29) is 6.10 Å². The molecule has 0 radical (unpaired) electrons. The summed E-state index contributed by atoms with van der Waals surface area (Å²) in [5.74, 6) is 0.306. The molecule has 0 aliphatic heterocycles. The van der Waals surface area contributed by atoms with E-state index >= 15 is 0 Å². The van der Waals surface area contributed by atoms with Crippen molar-refractivity contribution >= 4 is 0 Å².